The predicted octanol–water partition coefficient (Wildman–Crippen LogP) is 2.61. The molecule has 2 aromatic rings. The van der Waals surface area contributed by atoms with Crippen LogP contribution in [0.2, 0.25) is 5.02 Å². The van der Waals surface area contributed by atoms with Crippen LogP contribution in [0, 0.1) is 0 Å². The molecule has 0 aromatic carbocycles. The first-order valence-corrected chi connectivity index (χ1v) is 7.30. The average molecular weight is 306 g/mol. The number of halogens is 1. The fourth-order valence-electron chi connectivity index (χ4n) is 2.56. The van der Waals surface area contributed by atoms with Gasteiger partial charge in [-0.25, -0.2) is 4.98 Å². The van der Waals surface area contributed by atoms with Crippen molar-refractivity contribution >= 4 is 23.3 Å². The Bertz CT molecular complexity index is 598. The number of rotatable bonds is 4. The number of nitrogens with one attached hydrogen (secondary N) is 1. The Hall–Kier alpha value is -2.01. The molecule has 2 aromatic heterocycles. The van der Waals surface area contributed by atoms with Crippen molar-refractivity contribution in [2.24, 2.45) is 0 Å². The van der Waals surface area contributed by atoms with E-state index in [0.717, 1.165) is 31.0 Å². The lowest BCUT2D eigenvalue weighted by Gasteiger charge is -2.24. The summed E-state index contributed by atoms with van der Waals surface area (Å²) < 4.78 is 5.22. The Labute approximate surface area is 127 Å². The number of amides is 1. The summed E-state index contributed by atoms with van der Waals surface area (Å²) in [6.07, 6.45) is 5.01. The van der Waals surface area contributed by atoms with Gasteiger partial charge < -0.3 is 14.6 Å². The van der Waals surface area contributed by atoms with Crippen LogP contribution in [0.25, 0.3) is 0 Å². The zero-order chi connectivity index (χ0) is 14.7. The van der Waals surface area contributed by atoms with E-state index in [4.69, 9.17) is 16.0 Å². The van der Waals surface area contributed by atoms with Crippen LogP contribution in [0.1, 0.15) is 18.6 Å². The minimum absolute atomic E-state index is 0.000602. The van der Waals surface area contributed by atoms with Gasteiger partial charge in [-0.2, -0.15) is 0 Å². The zero-order valence-electron chi connectivity index (χ0n) is 11.5. The van der Waals surface area contributed by atoms with Crippen LogP contribution in [0.15, 0.2) is 41.1 Å². The molecule has 3 rings (SSSR count). The lowest BCUT2D eigenvalue weighted by Crippen LogP contribution is -2.43. The van der Waals surface area contributed by atoms with Gasteiger partial charge in [-0.15, -0.1) is 0 Å². The number of furan rings is 1. The van der Waals surface area contributed by atoms with Crippen LogP contribution >= 0.6 is 11.6 Å². The minimum Gasteiger partial charge on any atom is -0.467 e. The van der Waals surface area contributed by atoms with Gasteiger partial charge in [-0.3, -0.25) is 4.79 Å². The Kier molecular flexibility index (Phi) is 4.10. The summed E-state index contributed by atoms with van der Waals surface area (Å²) in [6, 6.07) is 7.10. The Balaban J connectivity index is 1.65. The van der Waals surface area contributed by atoms with Crippen molar-refractivity contribution in [3.05, 3.63) is 47.5 Å². The quantitative estimate of drug-likeness (QED) is 0.943. The van der Waals surface area contributed by atoms with Crippen molar-refractivity contribution in [3.8, 4) is 0 Å². The molecule has 1 N–H and O–H groups in total. The number of hydrogen-bond donors (Lipinski definition) is 1. The van der Waals surface area contributed by atoms with Gasteiger partial charge in [0, 0.05) is 12.7 Å². The molecule has 5 nitrogen and oxygen atoms in total. The molecule has 0 radical (unpaired) electrons. The van der Waals surface area contributed by atoms with Gasteiger partial charge in [0.25, 0.3) is 0 Å². The molecule has 0 spiro atoms. The molecular weight excluding hydrogens is 290 g/mol. The second kappa shape index (κ2) is 6.18. The molecule has 110 valence electrons. The van der Waals surface area contributed by atoms with E-state index in [-0.39, 0.29) is 11.9 Å². The number of nitrogens with zero attached hydrogens (tertiary/aromatic N) is 2. The maximum absolute atomic E-state index is 12.3. The summed E-state index contributed by atoms with van der Waals surface area (Å²) in [7, 11) is 0. The molecule has 6 heteroatoms. The maximum atomic E-state index is 12.3. The van der Waals surface area contributed by atoms with Crippen molar-refractivity contribution in [2.75, 3.05) is 11.4 Å². The first-order valence-electron chi connectivity index (χ1n) is 6.92. The van der Waals surface area contributed by atoms with E-state index in [0.29, 0.717) is 11.6 Å². The van der Waals surface area contributed by atoms with Crippen molar-refractivity contribution in [1.82, 2.24) is 10.3 Å². The molecule has 1 saturated heterocycles. The number of aromatic nitrogens is 1. The number of carbonyl (C=O) groups is 1. The van der Waals surface area contributed by atoms with Crippen LogP contribution in [0.5, 0.6) is 0 Å². The SMILES string of the molecule is O=C(NCc1ccco1)C1CCCN1c1ccc(Cl)cn1. The van der Waals surface area contributed by atoms with E-state index < -0.39 is 0 Å². The normalized spacial score (nSPS) is 18.0. The van der Waals surface area contributed by atoms with Crippen molar-refractivity contribution in [2.45, 2.75) is 25.4 Å². The third-order valence-corrected chi connectivity index (χ3v) is 3.80. The van der Waals surface area contributed by atoms with Crippen molar-refractivity contribution in [1.29, 1.82) is 0 Å². The smallest absolute Gasteiger partial charge is 0.243 e. The number of hydrogen-bond acceptors (Lipinski definition) is 4. The first kappa shape index (κ1) is 13.9. The summed E-state index contributed by atoms with van der Waals surface area (Å²) in [6.45, 7) is 1.23. The standard InChI is InChI=1S/C15H16ClN3O2/c16-11-5-6-14(17-9-11)19-7-1-4-13(19)15(20)18-10-12-3-2-8-21-12/h2-3,5-6,8-9,13H,1,4,7,10H2,(H,18,20). The highest BCUT2D eigenvalue weighted by Gasteiger charge is 2.31. The molecule has 0 saturated carbocycles. The Morgan fingerprint density at radius 1 is 1.48 bits per heavy atom. The van der Waals surface area contributed by atoms with Gasteiger partial charge in [0.2, 0.25) is 5.91 Å². The fraction of sp³-hybridized carbons (Fsp3) is 0.333. The lowest BCUT2D eigenvalue weighted by atomic mass is 10.2. The van der Waals surface area contributed by atoms with Crippen molar-refractivity contribution < 1.29 is 9.21 Å². The molecule has 1 aliphatic heterocycles. The number of pyridine rings is 1. The third-order valence-electron chi connectivity index (χ3n) is 3.58. The van der Waals surface area contributed by atoms with Crippen LogP contribution < -0.4 is 10.2 Å². The van der Waals surface area contributed by atoms with E-state index in [1.54, 1.807) is 24.6 Å². The van der Waals surface area contributed by atoms with Crippen molar-refractivity contribution in [3.63, 3.8) is 0 Å². The molecule has 0 bridgehead atoms. The largest absolute Gasteiger partial charge is 0.467 e. The molecule has 3 heterocycles. The monoisotopic (exact) mass is 305 g/mol. The summed E-state index contributed by atoms with van der Waals surface area (Å²) in [4.78, 5) is 18.7. The molecule has 21 heavy (non-hydrogen) atoms. The van der Waals surface area contributed by atoms with E-state index >= 15 is 0 Å². The molecular formula is C15H16ClN3O2. The fourth-order valence-corrected chi connectivity index (χ4v) is 2.67. The number of anilines is 1. The first-order chi connectivity index (χ1) is 10.2. The molecule has 0 aliphatic carbocycles. The molecule has 1 fully saturated rings. The number of carbonyl (C=O) groups excluding carboxylic acids is 1. The average Bonchev–Trinajstić information content (AvgIpc) is 3.17. The zero-order valence-corrected chi connectivity index (χ0v) is 12.2. The van der Waals surface area contributed by atoms with Gasteiger partial charge in [0.1, 0.15) is 17.6 Å². The molecule has 1 amide bonds. The van der Waals surface area contributed by atoms with E-state index in [2.05, 4.69) is 10.3 Å². The summed E-state index contributed by atoms with van der Waals surface area (Å²) in [5.74, 6) is 1.54. The van der Waals surface area contributed by atoms with Crippen LogP contribution in [0.4, 0.5) is 5.82 Å². The van der Waals surface area contributed by atoms with Gasteiger partial charge >= 0.3 is 0 Å². The summed E-state index contributed by atoms with van der Waals surface area (Å²) in [5, 5.41) is 3.50. The highest BCUT2D eigenvalue weighted by Crippen LogP contribution is 2.24. The summed E-state index contributed by atoms with van der Waals surface area (Å²) in [5.41, 5.74) is 0. The second-order valence-electron chi connectivity index (χ2n) is 4.98. The topological polar surface area (TPSA) is 58.4 Å². The Morgan fingerprint density at radius 2 is 2.38 bits per heavy atom. The van der Waals surface area contributed by atoms with Gasteiger partial charge in [0.05, 0.1) is 17.8 Å². The maximum Gasteiger partial charge on any atom is 0.243 e. The Morgan fingerprint density at radius 3 is 3.10 bits per heavy atom. The van der Waals surface area contributed by atoms with Crippen LogP contribution in [0.3, 0.4) is 0 Å². The van der Waals surface area contributed by atoms with E-state index in [1.807, 2.05) is 17.0 Å². The van der Waals surface area contributed by atoms with E-state index in [9.17, 15) is 4.79 Å². The summed E-state index contributed by atoms with van der Waals surface area (Å²) >= 11 is 5.85. The highest BCUT2D eigenvalue weighted by molar-refractivity contribution is 6.30. The lowest BCUT2D eigenvalue weighted by molar-refractivity contribution is -0.122. The second-order valence-corrected chi connectivity index (χ2v) is 5.42. The van der Waals surface area contributed by atoms with Crippen LogP contribution in [-0.2, 0) is 11.3 Å². The highest BCUT2D eigenvalue weighted by atomic mass is 35.5. The van der Waals surface area contributed by atoms with Gasteiger partial charge in [0.15, 0.2) is 0 Å². The third kappa shape index (κ3) is 3.19. The van der Waals surface area contributed by atoms with E-state index in [1.165, 1.54) is 0 Å². The van der Waals surface area contributed by atoms with Gasteiger partial charge in [-0.1, -0.05) is 11.6 Å². The van der Waals surface area contributed by atoms with Gasteiger partial charge in [-0.05, 0) is 37.1 Å². The molecule has 1 aliphatic rings. The minimum atomic E-state index is -0.186. The predicted molar refractivity (Wildman–Crippen MR) is 80.2 cm³/mol. The molecule has 1 atom stereocenters. The molecule has 1 unspecified atom stereocenters. The van der Waals surface area contributed by atoms with Crippen LogP contribution in [-0.4, -0.2) is 23.5 Å².